The number of aliphatic carboxylic acids is 1. The summed E-state index contributed by atoms with van der Waals surface area (Å²) in [6.07, 6.45) is 1.89. The van der Waals surface area contributed by atoms with Crippen molar-refractivity contribution in [1.29, 1.82) is 0 Å². The molecular weight excluding hydrogens is 378 g/mol. The lowest BCUT2D eigenvalue weighted by molar-refractivity contribution is -0.153. The first-order valence-corrected chi connectivity index (χ1v) is 9.47. The number of benzene rings is 1. The van der Waals surface area contributed by atoms with Crippen molar-refractivity contribution in [1.82, 2.24) is 4.90 Å². The van der Waals surface area contributed by atoms with Crippen LogP contribution >= 0.6 is 0 Å². The van der Waals surface area contributed by atoms with Crippen LogP contribution in [0.25, 0.3) is 0 Å². The number of methoxy groups -OCH3 is 1. The number of hydrogen-bond acceptors (Lipinski definition) is 7. The Bertz CT molecular complexity index is 790. The zero-order valence-electron chi connectivity index (χ0n) is 16.4. The van der Waals surface area contributed by atoms with Gasteiger partial charge >= 0.3 is 11.9 Å². The summed E-state index contributed by atoms with van der Waals surface area (Å²) in [5.74, 6) is -3.48. The number of carboxylic acids is 1. The van der Waals surface area contributed by atoms with Crippen LogP contribution in [0.1, 0.15) is 41.6 Å². The van der Waals surface area contributed by atoms with Gasteiger partial charge in [-0.05, 0) is 30.9 Å². The number of rotatable bonds is 8. The number of nitrogens with two attached hydrogens (primary N) is 2. The first kappa shape index (κ1) is 22.5. The van der Waals surface area contributed by atoms with Crippen molar-refractivity contribution in [2.75, 3.05) is 20.2 Å². The number of esters is 1. The molecule has 9 heteroatoms. The summed E-state index contributed by atoms with van der Waals surface area (Å²) < 4.78 is 4.70. The number of carbonyl (C=O) groups excluding carboxylic acids is 3. The average Bonchev–Trinajstić information content (AvgIpc) is 2.72. The number of likely N-dealkylation sites (tertiary alicyclic amines) is 1. The Balaban J connectivity index is 2.36. The molecule has 1 unspecified atom stereocenters. The van der Waals surface area contributed by atoms with Crippen LogP contribution in [-0.2, 0) is 25.5 Å². The molecule has 29 heavy (non-hydrogen) atoms. The van der Waals surface area contributed by atoms with Crippen molar-refractivity contribution < 1.29 is 29.0 Å². The third kappa shape index (κ3) is 5.18. The fraction of sp³-hybridized carbons (Fsp3) is 0.500. The Morgan fingerprint density at radius 3 is 2.38 bits per heavy atom. The molecule has 1 aromatic carbocycles. The predicted octanol–water partition coefficient (Wildman–Crippen LogP) is 0.0968. The minimum Gasteiger partial charge on any atom is -0.481 e. The summed E-state index contributed by atoms with van der Waals surface area (Å²) >= 11 is 0. The number of nitrogens with zero attached hydrogens (tertiary/aromatic N) is 1. The molecule has 5 N–H and O–H groups in total. The fourth-order valence-corrected chi connectivity index (χ4v) is 3.50. The zero-order chi connectivity index (χ0) is 21.6. The van der Waals surface area contributed by atoms with E-state index in [1.54, 1.807) is 29.2 Å². The number of hydrogen-bond donors (Lipinski definition) is 3. The maximum atomic E-state index is 13.0. The molecule has 1 aliphatic rings. The summed E-state index contributed by atoms with van der Waals surface area (Å²) in [5.41, 5.74) is 10.3. The molecule has 1 saturated heterocycles. The number of ketones is 1. The van der Waals surface area contributed by atoms with Crippen molar-refractivity contribution in [3.8, 4) is 0 Å². The lowest BCUT2D eigenvalue weighted by Crippen LogP contribution is -2.62. The third-order valence-corrected chi connectivity index (χ3v) is 5.08. The molecule has 2 atom stereocenters. The second kappa shape index (κ2) is 9.62. The fourth-order valence-electron chi connectivity index (χ4n) is 3.50. The Kier molecular flexibility index (Phi) is 7.46. The summed E-state index contributed by atoms with van der Waals surface area (Å²) in [5, 5.41) is 8.91. The van der Waals surface area contributed by atoms with Crippen LogP contribution in [-0.4, -0.2) is 65.4 Å². The summed E-state index contributed by atoms with van der Waals surface area (Å²) in [7, 11) is 1.07. The molecule has 1 heterocycles. The first-order valence-electron chi connectivity index (χ1n) is 9.47. The maximum absolute atomic E-state index is 13.0. The molecule has 0 aliphatic carbocycles. The van der Waals surface area contributed by atoms with Crippen molar-refractivity contribution in [2.45, 2.75) is 43.7 Å². The molecule has 0 radical (unpaired) electrons. The largest absolute Gasteiger partial charge is 0.481 e. The van der Waals surface area contributed by atoms with Gasteiger partial charge in [0.25, 0.3) is 5.91 Å². The molecule has 0 spiro atoms. The van der Waals surface area contributed by atoms with Crippen LogP contribution < -0.4 is 11.5 Å². The van der Waals surface area contributed by atoms with Gasteiger partial charge in [-0.2, -0.15) is 0 Å². The number of carboxylic acid groups (broad SMARTS) is 1. The topological polar surface area (TPSA) is 153 Å². The molecule has 0 bridgehead atoms. The lowest BCUT2D eigenvalue weighted by Gasteiger charge is -2.30. The van der Waals surface area contributed by atoms with Gasteiger partial charge in [-0.15, -0.1) is 0 Å². The number of ether oxygens (including phenoxy) is 1. The second-order valence-electron chi connectivity index (χ2n) is 7.22. The standard InChI is InChI=1S/C20H27N3O6/c1-29-19(28)20(22,17(26)15(21)11-16(24)25)12-13-7-3-4-8-14(13)18(27)23-9-5-2-6-10-23/h3-4,7-8,15H,2,5-6,9-12,21-22H2,1H3,(H,24,25)/t15?,20-/m1/s1. The monoisotopic (exact) mass is 405 g/mol. The highest BCUT2D eigenvalue weighted by Gasteiger charge is 2.46. The number of carbonyl (C=O) groups is 4. The molecule has 0 saturated carbocycles. The van der Waals surface area contributed by atoms with E-state index in [4.69, 9.17) is 21.3 Å². The SMILES string of the molecule is COC(=O)[C@@](N)(Cc1ccccc1C(=O)N1CCCCC1)C(=O)C(N)CC(=O)O. The quantitative estimate of drug-likeness (QED) is 0.406. The van der Waals surface area contributed by atoms with Gasteiger partial charge in [0, 0.05) is 25.1 Å². The van der Waals surface area contributed by atoms with Gasteiger partial charge in [-0.1, -0.05) is 18.2 Å². The van der Waals surface area contributed by atoms with E-state index in [9.17, 15) is 19.2 Å². The smallest absolute Gasteiger partial charge is 0.334 e. The minimum atomic E-state index is -2.21. The van der Waals surface area contributed by atoms with E-state index in [2.05, 4.69) is 0 Å². The van der Waals surface area contributed by atoms with Gasteiger partial charge in [-0.25, -0.2) is 4.79 Å². The van der Waals surface area contributed by atoms with E-state index in [0.717, 1.165) is 26.4 Å². The van der Waals surface area contributed by atoms with Crippen molar-refractivity contribution in [3.05, 3.63) is 35.4 Å². The Hall–Kier alpha value is -2.78. The van der Waals surface area contributed by atoms with Crippen LogP contribution in [0.3, 0.4) is 0 Å². The highest BCUT2D eigenvalue weighted by atomic mass is 16.5. The third-order valence-electron chi connectivity index (χ3n) is 5.08. The number of piperidine rings is 1. The summed E-state index contributed by atoms with van der Waals surface area (Å²) in [6, 6.07) is 5.10. The molecule has 1 aromatic rings. The van der Waals surface area contributed by atoms with Crippen LogP contribution in [0, 0.1) is 0 Å². The van der Waals surface area contributed by atoms with Crippen molar-refractivity contribution in [3.63, 3.8) is 0 Å². The first-order chi connectivity index (χ1) is 13.7. The highest BCUT2D eigenvalue weighted by Crippen LogP contribution is 2.22. The minimum absolute atomic E-state index is 0.199. The van der Waals surface area contributed by atoms with E-state index in [1.807, 2.05) is 0 Å². The van der Waals surface area contributed by atoms with Crippen LogP contribution in [0.15, 0.2) is 24.3 Å². The molecule has 1 amide bonds. The van der Waals surface area contributed by atoms with Gasteiger partial charge in [-0.3, -0.25) is 14.4 Å². The normalized spacial score (nSPS) is 17.1. The average molecular weight is 405 g/mol. The van der Waals surface area contributed by atoms with Gasteiger partial charge in [0.1, 0.15) is 0 Å². The van der Waals surface area contributed by atoms with Crippen LogP contribution in [0.4, 0.5) is 0 Å². The van der Waals surface area contributed by atoms with Gasteiger partial charge in [0.2, 0.25) is 0 Å². The van der Waals surface area contributed by atoms with Crippen LogP contribution in [0.2, 0.25) is 0 Å². The molecular formula is C20H27N3O6. The molecule has 158 valence electrons. The molecule has 0 aromatic heterocycles. The van der Waals surface area contributed by atoms with E-state index < -0.39 is 35.7 Å². The summed E-state index contributed by atoms with van der Waals surface area (Å²) in [6.45, 7) is 1.28. The van der Waals surface area contributed by atoms with Crippen LogP contribution in [0.5, 0.6) is 0 Å². The van der Waals surface area contributed by atoms with Gasteiger partial charge in [0.05, 0.1) is 19.6 Å². The van der Waals surface area contributed by atoms with Gasteiger partial charge < -0.3 is 26.2 Å². The van der Waals surface area contributed by atoms with Crippen molar-refractivity contribution in [2.24, 2.45) is 11.5 Å². The number of Topliss-reactive ketones (excluding diaryl/α,β-unsaturated/α-hetero) is 1. The van der Waals surface area contributed by atoms with E-state index in [-0.39, 0.29) is 12.3 Å². The molecule has 9 nitrogen and oxygen atoms in total. The predicted molar refractivity (Wildman–Crippen MR) is 104 cm³/mol. The maximum Gasteiger partial charge on any atom is 0.334 e. The van der Waals surface area contributed by atoms with Crippen molar-refractivity contribution >= 4 is 23.6 Å². The van der Waals surface area contributed by atoms with E-state index in [1.165, 1.54) is 0 Å². The van der Waals surface area contributed by atoms with Gasteiger partial charge in [0.15, 0.2) is 11.3 Å². The number of amides is 1. The highest BCUT2D eigenvalue weighted by molar-refractivity contribution is 6.11. The Morgan fingerprint density at radius 1 is 1.17 bits per heavy atom. The summed E-state index contributed by atoms with van der Waals surface area (Å²) in [4.78, 5) is 50.8. The Labute approximate surface area is 169 Å². The lowest BCUT2D eigenvalue weighted by atomic mass is 9.82. The zero-order valence-corrected chi connectivity index (χ0v) is 16.4. The molecule has 2 rings (SSSR count). The molecule has 1 fully saturated rings. The molecule has 1 aliphatic heterocycles. The van der Waals surface area contributed by atoms with E-state index >= 15 is 0 Å². The van der Waals surface area contributed by atoms with E-state index in [0.29, 0.717) is 24.2 Å². The second-order valence-corrected chi connectivity index (χ2v) is 7.22. The Morgan fingerprint density at radius 2 is 1.79 bits per heavy atom.